The van der Waals surface area contributed by atoms with Crippen LogP contribution in [-0.2, 0) is 13.1 Å². The van der Waals surface area contributed by atoms with Crippen LogP contribution in [0.3, 0.4) is 0 Å². The highest BCUT2D eigenvalue weighted by atomic mass is 79.9. The molecule has 3 rings (SSSR count). The van der Waals surface area contributed by atoms with Gasteiger partial charge in [-0.25, -0.2) is 0 Å². The lowest BCUT2D eigenvalue weighted by Gasteiger charge is -2.21. The van der Waals surface area contributed by atoms with Gasteiger partial charge in [-0.3, -0.25) is 9.78 Å². The fourth-order valence-corrected chi connectivity index (χ4v) is 3.10. The van der Waals surface area contributed by atoms with Gasteiger partial charge in [-0.05, 0) is 40.5 Å². The summed E-state index contributed by atoms with van der Waals surface area (Å²) < 4.78 is 8.17. The predicted molar refractivity (Wildman–Crippen MR) is 96.8 cm³/mol. The van der Waals surface area contributed by atoms with Crippen molar-refractivity contribution in [3.63, 3.8) is 0 Å². The van der Waals surface area contributed by atoms with Crippen molar-refractivity contribution in [3.8, 4) is 0 Å². The van der Waals surface area contributed by atoms with E-state index in [0.717, 1.165) is 11.1 Å². The number of amides is 1. The van der Waals surface area contributed by atoms with E-state index < -0.39 is 0 Å². The van der Waals surface area contributed by atoms with Crippen LogP contribution >= 0.6 is 15.9 Å². The van der Waals surface area contributed by atoms with E-state index in [4.69, 9.17) is 4.42 Å². The van der Waals surface area contributed by atoms with E-state index in [9.17, 15) is 4.79 Å². The van der Waals surface area contributed by atoms with Gasteiger partial charge in [-0.2, -0.15) is 0 Å². The van der Waals surface area contributed by atoms with E-state index in [1.54, 1.807) is 29.4 Å². The van der Waals surface area contributed by atoms with Crippen LogP contribution in [0.4, 0.5) is 0 Å². The fraction of sp³-hybridized carbons (Fsp3) is 0.222. The minimum absolute atomic E-state index is 0.0290. The SMILES string of the molecule is C=CCn1c(C(=O)N(CC)Cc2ccncc2)cc2oc(Br)cc21. The highest BCUT2D eigenvalue weighted by Gasteiger charge is 2.22. The summed E-state index contributed by atoms with van der Waals surface area (Å²) in [6, 6.07) is 7.50. The quantitative estimate of drug-likeness (QED) is 0.594. The van der Waals surface area contributed by atoms with Crippen molar-refractivity contribution in [1.29, 1.82) is 0 Å². The molecule has 124 valence electrons. The Hall–Kier alpha value is -2.34. The number of allylic oxidation sites excluding steroid dienone is 1. The maximum Gasteiger partial charge on any atom is 0.270 e. The van der Waals surface area contributed by atoms with Crippen molar-refractivity contribution in [2.24, 2.45) is 0 Å². The van der Waals surface area contributed by atoms with Gasteiger partial charge < -0.3 is 13.9 Å². The first-order chi connectivity index (χ1) is 11.6. The second-order valence-electron chi connectivity index (χ2n) is 5.40. The average molecular weight is 388 g/mol. The minimum Gasteiger partial charge on any atom is -0.448 e. The zero-order valence-corrected chi connectivity index (χ0v) is 15.0. The molecule has 0 unspecified atom stereocenters. The van der Waals surface area contributed by atoms with Crippen LogP contribution in [0.25, 0.3) is 11.1 Å². The zero-order chi connectivity index (χ0) is 17.1. The molecule has 5 nitrogen and oxygen atoms in total. The molecule has 0 saturated heterocycles. The number of furan rings is 1. The van der Waals surface area contributed by atoms with E-state index in [-0.39, 0.29) is 5.91 Å². The summed E-state index contributed by atoms with van der Waals surface area (Å²) in [5.41, 5.74) is 3.22. The van der Waals surface area contributed by atoms with Crippen LogP contribution in [0, 0.1) is 0 Å². The first-order valence-corrected chi connectivity index (χ1v) is 8.51. The molecule has 3 aromatic rings. The zero-order valence-electron chi connectivity index (χ0n) is 13.4. The molecule has 0 atom stereocenters. The summed E-state index contributed by atoms with van der Waals surface area (Å²) in [7, 11) is 0. The first kappa shape index (κ1) is 16.5. The summed E-state index contributed by atoms with van der Waals surface area (Å²) in [5, 5.41) is 0. The smallest absolute Gasteiger partial charge is 0.270 e. The minimum atomic E-state index is -0.0290. The van der Waals surface area contributed by atoms with Gasteiger partial charge in [0.25, 0.3) is 5.91 Å². The number of aromatic nitrogens is 2. The van der Waals surface area contributed by atoms with Crippen molar-refractivity contribution in [2.45, 2.75) is 20.0 Å². The maximum atomic E-state index is 13.0. The molecule has 0 spiro atoms. The second-order valence-corrected chi connectivity index (χ2v) is 6.19. The molecule has 24 heavy (non-hydrogen) atoms. The molecule has 0 bridgehead atoms. The van der Waals surface area contributed by atoms with Gasteiger partial charge in [0.05, 0.1) is 5.52 Å². The summed E-state index contributed by atoms with van der Waals surface area (Å²) in [5.74, 6) is -0.0290. The Kier molecular flexibility index (Phi) is 4.85. The van der Waals surface area contributed by atoms with Gasteiger partial charge in [-0.1, -0.05) is 6.08 Å². The van der Waals surface area contributed by atoms with Crippen LogP contribution in [-0.4, -0.2) is 26.9 Å². The molecule has 0 N–H and O–H groups in total. The Morgan fingerprint density at radius 1 is 1.42 bits per heavy atom. The average Bonchev–Trinajstić information content (AvgIpc) is 3.10. The van der Waals surface area contributed by atoms with Crippen molar-refractivity contribution >= 4 is 32.9 Å². The standard InChI is InChI=1S/C18H18BrN3O2/c1-3-9-22-14-11-17(19)24-16(14)10-15(22)18(23)21(4-2)12-13-5-7-20-8-6-13/h3,5-8,10-11H,1,4,9,12H2,2H3. The molecule has 0 aliphatic heterocycles. The molecule has 3 heterocycles. The molecular weight excluding hydrogens is 370 g/mol. The number of carbonyl (C=O) groups excluding carboxylic acids is 1. The Labute approximate surface area is 148 Å². The number of halogens is 1. The molecule has 0 aromatic carbocycles. The second kappa shape index (κ2) is 7.05. The molecule has 0 aliphatic carbocycles. The van der Waals surface area contributed by atoms with Crippen molar-refractivity contribution in [1.82, 2.24) is 14.5 Å². The van der Waals surface area contributed by atoms with Gasteiger partial charge >= 0.3 is 0 Å². The van der Waals surface area contributed by atoms with Crippen LogP contribution in [0.2, 0.25) is 0 Å². The molecule has 0 aliphatic rings. The summed E-state index contributed by atoms with van der Waals surface area (Å²) in [6.07, 6.45) is 5.24. The molecule has 0 saturated carbocycles. The molecule has 6 heteroatoms. The first-order valence-electron chi connectivity index (χ1n) is 7.71. The van der Waals surface area contributed by atoms with Gasteiger partial charge in [0.2, 0.25) is 0 Å². The van der Waals surface area contributed by atoms with Gasteiger partial charge in [-0.15, -0.1) is 6.58 Å². The third kappa shape index (κ3) is 3.14. The summed E-state index contributed by atoms with van der Waals surface area (Å²) in [6.45, 7) is 7.47. The lowest BCUT2D eigenvalue weighted by molar-refractivity contribution is 0.0742. The van der Waals surface area contributed by atoms with Crippen molar-refractivity contribution < 1.29 is 9.21 Å². The van der Waals surface area contributed by atoms with Gasteiger partial charge in [0.1, 0.15) is 5.69 Å². The molecule has 0 fully saturated rings. The van der Waals surface area contributed by atoms with Gasteiger partial charge in [0.15, 0.2) is 10.3 Å². The maximum absolute atomic E-state index is 13.0. The largest absolute Gasteiger partial charge is 0.448 e. The Bertz CT molecular complexity index is 867. The molecular formula is C18H18BrN3O2. The van der Waals surface area contributed by atoms with Crippen LogP contribution in [0.1, 0.15) is 23.0 Å². The molecule has 3 aromatic heterocycles. The highest BCUT2D eigenvalue weighted by Crippen LogP contribution is 2.28. The van der Waals surface area contributed by atoms with Crippen LogP contribution < -0.4 is 0 Å². The van der Waals surface area contributed by atoms with E-state index >= 15 is 0 Å². The van der Waals surface area contributed by atoms with Crippen molar-refractivity contribution in [3.05, 3.63) is 65.2 Å². The summed E-state index contributed by atoms with van der Waals surface area (Å²) >= 11 is 3.33. The number of hydrogen-bond acceptors (Lipinski definition) is 3. The van der Waals surface area contributed by atoms with Crippen LogP contribution in [0.5, 0.6) is 0 Å². The Balaban J connectivity index is 1.95. The van der Waals surface area contributed by atoms with E-state index in [2.05, 4.69) is 27.5 Å². The third-order valence-electron chi connectivity index (χ3n) is 3.88. The van der Waals surface area contributed by atoms with E-state index in [1.165, 1.54) is 0 Å². The fourth-order valence-electron chi connectivity index (χ4n) is 2.71. The van der Waals surface area contributed by atoms with Crippen LogP contribution in [0.15, 0.2) is 58.4 Å². The number of hydrogen-bond donors (Lipinski definition) is 0. The Morgan fingerprint density at radius 3 is 2.83 bits per heavy atom. The van der Waals surface area contributed by atoms with Gasteiger partial charge in [0, 0.05) is 44.2 Å². The monoisotopic (exact) mass is 387 g/mol. The van der Waals surface area contributed by atoms with Crippen molar-refractivity contribution in [2.75, 3.05) is 6.54 Å². The van der Waals surface area contributed by atoms with E-state index in [1.807, 2.05) is 29.7 Å². The molecule has 1 amide bonds. The normalized spacial score (nSPS) is 10.9. The molecule has 0 radical (unpaired) electrons. The third-order valence-corrected chi connectivity index (χ3v) is 4.27. The predicted octanol–water partition coefficient (Wildman–Crippen LogP) is 4.24. The lowest BCUT2D eigenvalue weighted by Crippen LogP contribution is -2.31. The summed E-state index contributed by atoms with van der Waals surface area (Å²) in [4.78, 5) is 18.8. The number of fused-ring (bicyclic) bond motifs is 1. The number of carbonyl (C=O) groups is 1. The number of pyridine rings is 1. The topological polar surface area (TPSA) is 51.3 Å². The Morgan fingerprint density at radius 2 is 2.17 bits per heavy atom. The van der Waals surface area contributed by atoms with E-state index in [0.29, 0.717) is 35.6 Å². The lowest BCUT2D eigenvalue weighted by atomic mass is 10.2. The number of rotatable bonds is 6. The number of nitrogens with zero attached hydrogens (tertiary/aromatic N) is 3. The highest BCUT2D eigenvalue weighted by molar-refractivity contribution is 9.10.